The number of fused-ring (bicyclic) bond motifs is 4. The van der Waals surface area contributed by atoms with Gasteiger partial charge in [0.2, 0.25) is 11.2 Å². The van der Waals surface area contributed by atoms with Crippen LogP contribution in [-0.2, 0) is 11.8 Å². The standard InChI is InChI=1S/C24H28O7/c1-11-24(4,5)18-15(30-11)10-13(25)17-19(27)16-12(7-8-23(2,3)28)9-14(26)20(29-6)22(16)31-21(17)18/h9-11,25-26,28H,7-8H2,1-6H3. The molecule has 1 aliphatic heterocycles. The Morgan fingerprint density at radius 1 is 1.13 bits per heavy atom. The molecule has 0 fully saturated rings. The molecule has 1 unspecified atom stereocenters. The number of methoxy groups -OCH3 is 1. The van der Waals surface area contributed by atoms with Crippen LogP contribution in [0, 0.1) is 0 Å². The van der Waals surface area contributed by atoms with Gasteiger partial charge in [-0.15, -0.1) is 0 Å². The van der Waals surface area contributed by atoms with Gasteiger partial charge in [-0.2, -0.15) is 0 Å². The number of benzene rings is 2. The molecule has 3 aromatic rings. The van der Waals surface area contributed by atoms with Crippen LogP contribution in [0.5, 0.6) is 23.0 Å². The van der Waals surface area contributed by atoms with Gasteiger partial charge in [-0.25, -0.2) is 0 Å². The fraction of sp³-hybridized carbons (Fsp3) is 0.458. The predicted octanol–water partition coefficient (Wildman–Crippen LogP) is 4.13. The highest BCUT2D eigenvalue weighted by molar-refractivity contribution is 6.00. The lowest BCUT2D eigenvalue weighted by Gasteiger charge is -2.23. The zero-order chi connectivity index (χ0) is 22.9. The van der Waals surface area contributed by atoms with E-state index >= 15 is 0 Å². The zero-order valence-corrected chi connectivity index (χ0v) is 18.6. The number of aryl methyl sites for hydroxylation is 1. The minimum Gasteiger partial charge on any atom is -0.507 e. The van der Waals surface area contributed by atoms with E-state index in [4.69, 9.17) is 13.9 Å². The van der Waals surface area contributed by atoms with Crippen LogP contribution in [0.3, 0.4) is 0 Å². The average molecular weight is 428 g/mol. The second-order valence-corrected chi connectivity index (χ2v) is 9.49. The van der Waals surface area contributed by atoms with E-state index in [1.807, 2.05) is 20.8 Å². The van der Waals surface area contributed by atoms with Crippen molar-refractivity contribution in [1.29, 1.82) is 0 Å². The van der Waals surface area contributed by atoms with E-state index < -0.39 is 16.4 Å². The van der Waals surface area contributed by atoms with Crippen LogP contribution in [0.4, 0.5) is 0 Å². The topological polar surface area (TPSA) is 109 Å². The van der Waals surface area contributed by atoms with Crippen molar-refractivity contribution in [3.8, 4) is 23.0 Å². The number of phenolic OH excluding ortho intramolecular Hbond substituents is 2. The summed E-state index contributed by atoms with van der Waals surface area (Å²) >= 11 is 0. The summed E-state index contributed by atoms with van der Waals surface area (Å²) < 4.78 is 17.5. The summed E-state index contributed by atoms with van der Waals surface area (Å²) in [5.74, 6) is 0.118. The monoisotopic (exact) mass is 428 g/mol. The van der Waals surface area contributed by atoms with Crippen LogP contribution >= 0.6 is 0 Å². The SMILES string of the molecule is COc1c(O)cc(CCC(C)(C)O)c2c(=O)c3c(O)cc4c(c3oc12)C(C)(C)C(C)O4. The first-order chi connectivity index (χ1) is 14.4. The van der Waals surface area contributed by atoms with Crippen LogP contribution in [0.25, 0.3) is 21.9 Å². The van der Waals surface area contributed by atoms with Crippen LogP contribution in [-0.4, -0.2) is 34.1 Å². The molecule has 166 valence electrons. The van der Waals surface area contributed by atoms with Gasteiger partial charge in [-0.05, 0) is 45.2 Å². The number of phenols is 2. The van der Waals surface area contributed by atoms with Crippen LogP contribution in [0.2, 0.25) is 0 Å². The maximum Gasteiger partial charge on any atom is 0.204 e. The minimum absolute atomic E-state index is 0.0443. The number of aromatic hydroxyl groups is 2. The van der Waals surface area contributed by atoms with Gasteiger partial charge in [0.05, 0.1) is 18.1 Å². The summed E-state index contributed by atoms with van der Waals surface area (Å²) in [6, 6.07) is 2.91. The molecule has 0 saturated heterocycles. The second-order valence-electron chi connectivity index (χ2n) is 9.49. The molecule has 0 spiro atoms. The maximum atomic E-state index is 13.7. The average Bonchev–Trinajstić information content (AvgIpc) is 2.87. The smallest absolute Gasteiger partial charge is 0.204 e. The molecule has 2 aromatic carbocycles. The van der Waals surface area contributed by atoms with E-state index in [0.29, 0.717) is 29.7 Å². The summed E-state index contributed by atoms with van der Waals surface area (Å²) in [6.45, 7) is 9.24. The third-order valence-corrected chi connectivity index (χ3v) is 6.36. The molecular formula is C24H28O7. The lowest BCUT2D eigenvalue weighted by molar-refractivity contribution is 0.0714. The Morgan fingerprint density at radius 2 is 1.81 bits per heavy atom. The van der Waals surface area contributed by atoms with Crippen molar-refractivity contribution in [2.24, 2.45) is 0 Å². The number of hydrogen-bond acceptors (Lipinski definition) is 7. The molecule has 0 saturated carbocycles. The number of hydrogen-bond donors (Lipinski definition) is 3. The zero-order valence-electron chi connectivity index (χ0n) is 18.6. The molecule has 0 amide bonds. The molecule has 0 radical (unpaired) electrons. The Morgan fingerprint density at radius 3 is 2.42 bits per heavy atom. The first kappa shape index (κ1) is 21.3. The van der Waals surface area contributed by atoms with Crippen molar-refractivity contribution in [2.45, 2.75) is 64.6 Å². The van der Waals surface area contributed by atoms with E-state index in [1.54, 1.807) is 13.8 Å². The normalized spacial score (nSPS) is 17.7. The van der Waals surface area contributed by atoms with E-state index in [-0.39, 0.29) is 45.3 Å². The Bertz CT molecular complexity index is 1260. The highest BCUT2D eigenvalue weighted by atomic mass is 16.5. The van der Waals surface area contributed by atoms with Crippen LogP contribution < -0.4 is 14.9 Å². The van der Waals surface area contributed by atoms with Crippen molar-refractivity contribution >= 4 is 21.9 Å². The molecule has 31 heavy (non-hydrogen) atoms. The lowest BCUT2D eigenvalue weighted by atomic mass is 9.80. The van der Waals surface area contributed by atoms with Crippen LogP contribution in [0.15, 0.2) is 21.3 Å². The highest BCUT2D eigenvalue weighted by Crippen LogP contribution is 2.50. The molecule has 4 rings (SSSR count). The Kier molecular flexibility index (Phi) is 4.66. The van der Waals surface area contributed by atoms with Crippen molar-refractivity contribution in [3.05, 3.63) is 33.5 Å². The molecule has 1 atom stereocenters. The second kappa shape index (κ2) is 6.79. The van der Waals surface area contributed by atoms with Gasteiger partial charge >= 0.3 is 0 Å². The largest absolute Gasteiger partial charge is 0.507 e. The van der Waals surface area contributed by atoms with Crippen molar-refractivity contribution < 1.29 is 29.2 Å². The molecule has 0 bridgehead atoms. The fourth-order valence-electron chi connectivity index (χ4n) is 4.27. The first-order valence-electron chi connectivity index (χ1n) is 10.3. The molecular weight excluding hydrogens is 400 g/mol. The number of rotatable bonds is 4. The summed E-state index contributed by atoms with van der Waals surface area (Å²) in [5, 5.41) is 31.7. The first-order valence-corrected chi connectivity index (χ1v) is 10.3. The minimum atomic E-state index is -0.959. The third kappa shape index (κ3) is 3.19. The summed E-state index contributed by atoms with van der Waals surface area (Å²) in [5.41, 5.74) is -0.327. The van der Waals surface area contributed by atoms with Gasteiger partial charge in [-0.1, -0.05) is 13.8 Å². The molecule has 3 N–H and O–H groups in total. The van der Waals surface area contributed by atoms with Crippen LogP contribution in [0.1, 0.15) is 52.2 Å². The highest BCUT2D eigenvalue weighted by Gasteiger charge is 2.42. The molecule has 1 aromatic heterocycles. The maximum absolute atomic E-state index is 13.7. The Labute approximate surface area is 179 Å². The summed E-state index contributed by atoms with van der Waals surface area (Å²) in [6.07, 6.45) is 0.493. The van der Waals surface area contributed by atoms with Gasteiger partial charge < -0.3 is 29.2 Å². The lowest BCUT2D eigenvalue weighted by Crippen LogP contribution is -2.29. The van der Waals surface area contributed by atoms with E-state index in [2.05, 4.69) is 0 Å². The van der Waals surface area contributed by atoms with Gasteiger partial charge in [-0.3, -0.25) is 4.79 Å². The van der Waals surface area contributed by atoms with Crippen molar-refractivity contribution in [1.82, 2.24) is 0 Å². The van der Waals surface area contributed by atoms with E-state index in [0.717, 1.165) is 0 Å². The summed E-state index contributed by atoms with van der Waals surface area (Å²) in [7, 11) is 1.39. The third-order valence-electron chi connectivity index (χ3n) is 6.36. The van der Waals surface area contributed by atoms with Gasteiger partial charge in [0.1, 0.15) is 28.6 Å². The molecule has 7 nitrogen and oxygen atoms in total. The van der Waals surface area contributed by atoms with E-state index in [1.165, 1.54) is 19.2 Å². The van der Waals surface area contributed by atoms with Gasteiger partial charge in [0.25, 0.3) is 0 Å². The summed E-state index contributed by atoms with van der Waals surface area (Å²) in [4.78, 5) is 13.7. The molecule has 2 heterocycles. The number of ether oxygens (including phenoxy) is 2. The Balaban J connectivity index is 2.15. The predicted molar refractivity (Wildman–Crippen MR) is 118 cm³/mol. The molecule has 1 aliphatic rings. The van der Waals surface area contributed by atoms with Gasteiger partial charge in [0.15, 0.2) is 11.3 Å². The van der Waals surface area contributed by atoms with Crippen molar-refractivity contribution in [2.75, 3.05) is 7.11 Å². The Hall–Kier alpha value is -2.93. The quantitative estimate of drug-likeness (QED) is 0.536. The van der Waals surface area contributed by atoms with E-state index in [9.17, 15) is 20.1 Å². The van der Waals surface area contributed by atoms with Crippen molar-refractivity contribution in [3.63, 3.8) is 0 Å². The fourth-order valence-corrected chi connectivity index (χ4v) is 4.27. The van der Waals surface area contributed by atoms with Gasteiger partial charge in [0, 0.05) is 17.0 Å². The number of aliphatic hydroxyl groups is 1. The molecule has 0 aliphatic carbocycles. The molecule has 7 heteroatoms.